The molecule has 22 heavy (non-hydrogen) atoms. The van der Waals surface area contributed by atoms with Crippen molar-refractivity contribution in [3.63, 3.8) is 0 Å². The van der Waals surface area contributed by atoms with Gasteiger partial charge in [0.15, 0.2) is 5.82 Å². The number of amides is 1. The third-order valence-corrected chi connectivity index (χ3v) is 4.63. The zero-order chi connectivity index (χ0) is 15.7. The number of aliphatic hydroxyl groups excluding tert-OH is 1. The summed E-state index contributed by atoms with van der Waals surface area (Å²) in [5.41, 5.74) is 12.1. The predicted octanol–water partition coefficient (Wildman–Crippen LogP) is 0.0790. The average molecular weight is 305 g/mol. The number of nitrogens with two attached hydrogens (primary N) is 2. The van der Waals surface area contributed by atoms with Gasteiger partial charge in [-0.05, 0) is 37.8 Å². The second-order valence-corrected chi connectivity index (χ2v) is 6.01. The van der Waals surface area contributed by atoms with Crippen molar-refractivity contribution < 1.29 is 9.90 Å². The van der Waals surface area contributed by atoms with Gasteiger partial charge in [-0.15, -0.1) is 0 Å². The molecular weight excluding hydrogens is 282 g/mol. The lowest BCUT2D eigenvalue weighted by atomic mass is 10.2. The van der Waals surface area contributed by atoms with Crippen molar-refractivity contribution in [2.45, 2.75) is 37.8 Å². The molecule has 1 aromatic rings. The van der Waals surface area contributed by atoms with Gasteiger partial charge >= 0.3 is 0 Å². The molecule has 5 N–H and O–H groups in total. The van der Waals surface area contributed by atoms with Gasteiger partial charge in [0, 0.05) is 13.1 Å². The lowest BCUT2D eigenvalue weighted by Gasteiger charge is -2.28. The highest BCUT2D eigenvalue weighted by atomic mass is 16.3. The van der Waals surface area contributed by atoms with Crippen LogP contribution in [0.4, 0.5) is 17.3 Å². The topological polar surface area (TPSA) is 109 Å². The van der Waals surface area contributed by atoms with Crippen molar-refractivity contribution in [2.75, 3.05) is 35.2 Å². The molecule has 3 heterocycles. The molecule has 0 radical (unpaired) electrons. The second-order valence-electron chi connectivity index (χ2n) is 6.01. The molecule has 7 nitrogen and oxygen atoms in total. The summed E-state index contributed by atoms with van der Waals surface area (Å²) in [6, 6.07) is 3.47. The Morgan fingerprint density at radius 1 is 1.27 bits per heavy atom. The summed E-state index contributed by atoms with van der Waals surface area (Å²) in [4.78, 5) is 20.3. The van der Waals surface area contributed by atoms with Crippen LogP contribution in [0.1, 0.15) is 25.7 Å². The van der Waals surface area contributed by atoms with Crippen LogP contribution in [0.25, 0.3) is 0 Å². The van der Waals surface area contributed by atoms with Crippen LogP contribution in [0, 0.1) is 0 Å². The molecule has 2 unspecified atom stereocenters. The molecule has 2 atom stereocenters. The Morgan fingerprint density at radius 3 is 2.73 bits per heavy atom. The van der Waals surface area contributed by atoms with Crippen molar-refractivity contribution in [1.82, 2.24) is 4.98 Å². The molecule has 0 bridgehead atoms. The Morgan fingerprint density at radius 2 is 2.00 bits per heavy atom. The van der Waals surface area contributed by atoms with E-state index in [0.29, 0.717) is 11.5 Å². The minimum Gasteiger partial charge on any atom is -0.396 e. The molecule has 1 amide bonds. The number of nitrogens with zero attached hydrogens (tertiary/aromatic N) is 3. The molecule has 1 aromatic heterocycles. The Kier molecular flexibility index (Phi) is 4.06. The van der Waals surface area contributed by atoms with E-state index in [1.54, 1.807) is 0 Å². The van der Waals surface area contributed by atoms with Crippen LogP contribution in [-0.2, 0) is 4.79 Å². The largest absolute Gasteiger partial charge is 0.396 e. The fourth-order valence-corrected chi connectivity index (χ4v) is 3.48. The summed E-state index contributed by atoms with van der Waals surface area (Å²) in [5, 5.41) is 9.48. The van der Waals surface area contributed by atoms with Crippen LogP contribution in [-0.4, -0.2) is 47.8 Å². The van der Waals surface area contributed by atoms with Crippen molar-refractivity contribution in [1.29, 1.82) is 0 Å². The van der Waals surface area contributed by atoms with Crippen LogP contribution in [0.15, 0.2) is 12.1 Å². The molecule has 7 heteroatoms. The number of aliphatic hydroxyl groups is 1. The van der Waals surface area contributed by atoms with E-state index >= 15 is 0 Å². The van der Waals surface area contributed by atoms with Crippen LogP contribution < -0.4 is 21.3 Å². The zero-order valence-electron chi connectivity index (χ0n) is 12.6. The van der Waals surface area contributed by atoms with Crippen molar-refractivity contribution in [3.8, 4) is 0 Å². The third kappa shape index (κ3) is 2.56. The summed E-state index contributed by atoms with van der Waals surface area (Å²) in [7, 11) is 0. The highest BCUT2D eigenvalue weighted by Gasteiger charge is 2.32. The van der Waals surface area contributed by atoms with E-state index in [2.05, 4.69) is 9.88 Å². The molecule has 2 aliphatic heterocycles. The minimum absolute atomic E-state index is 0.106. The molecule has 2 fully saturated rings. The van der Waals surface area contributed by atoms with Gasteiger partial charge in [-0.25, -0.2) is 4.98 Å². The fraction of sp³-hybridized carbons (Fsp3) is 0.600. The third-order valence-electron chi connectivity index (χ3n) is 4.63. The average Bonchev–Trinajstić information content (AvgIpc) is 3.16. The Labute approximate surface area is 129 Å². The van der Waals surface area contributed by atoms with Crippen LogP contribution >= 0.6 is 0 Å². The van der Waals surface area contributed by atoms with Gasteiger partial charge in [0.05, 0.1) is 18.3 Å². The van der Waals surface area contributed by atoms with E-state index < -0.39 is 0 Å². The number of carbonyl (C=O) groups is 1. The first-order valence-electron chi connectivity index (χ1n) is 7.82. The Hall–Kier alpha value is -2.02. The van der Waals surface area contributed by atoms with Gasteiger partial charge in [-0.3, -0.25) is 4.79 Å². The zero-order valence-corrected chi connectivity index (χ0v) is 12.6. The van der Waals surface area contributed by atoms with Gasteiger partial charge in [0.2, 0.25) is 5.91 Å². The normalized spacial score (nSPS) is 25.0. The molecular formula is C15H23N5O2. The number of hydrogen-bond donors (Lipinski definition) is 3. The fourth-order valence-electron chi connectivity index (χ4n) is 3.48. The van der Waals surface area contributed by atoms with Crippen molar-refractivity contribution in [3.05, 3.63) is 12.1 Å². The van der Waals surface area contributed by atoms with E-state index in [1.165, 1.54) is 0 Å². The highest BCUT2D eigenvalue weighted by Crippen LogP contribution is 2.32. The second kappa shape index (κ2) is 6.00. The van der Waals surface area contributed by atoms with E-state index in [4.69, 9.17) is 11.5 Å². The SMILES string of the molecule is NC(=O)C1CCCN1c1nc(N2CCCC2CO)ccc1N. The highest BCUT2D eigenvalue weighted by molar-refractivity contribution is 5.85. The number of aromatic nitrogens is 1. The summed E-state index contributed by atoms with van der Waals surface area (Å²) in [5.74, 6) is 1.09. The predicted molar refractivity (Wildman–Crippen MR) is 85.7 cm³/mol. The van der Waals surface area contributed by atoms with E-state index in [0.717, 1.165) is 44.6 Å². The van der Waals surface area contributed by atoms with Crippen LogP contribution in [0.3, 0.4) is 0 Å². The van der Waals surface area contributed by atoms with Crippen molar-refractivity contribution >= 4 is 23.2 Å². The first kappa shape index (κ1) is 14.9. The van der Waals surface area contributed by atoms with Crippen molar-refractivity contribution in [2.24, 2.45) is 5.73 Å². The summed E-state index contributed by atoms with van der Waals surface area (Å²) in [6.45, 7) is 1.73. The van der Waals surface area contributed by atoms with Gasteiger partial charge in [0.1, 0.15) is 11.9 Å². The maximum absolute atomic E-state index is 11.6. The monoisotopic (exact) mass is 305 g/mol. The molecule has 2 saturated heterocycles. The Bertz CT molecular complexity index is 565. The lowest BCUT2D eigenvalue weighted by molar-refractivity contribution is -0.119. The quantitative estimate of drug-likeness (QED) is 0.727. The maximum Gasteiger partial charge on any atom is 0.240 e. The number of nitrogen functional groups attached to an aromatic ring is 1. The van der Waals surface area contributed by atoms with Crippen LogP contribution in [0.5, 0.6) is 0 Å². The summed E-state index contributed by atoms with van der Waals surface area (Å²) < 4.78 is 0. The molecule has 3 rings (SSSR count). The van der Waals surface area contributed by atoms with E-state index in [-0.39, 0.29) is 24.6 Å². The lowest BCUT2D eigenvalue weighted by Crippen LogP contribution is -2.41. The molecule has 0 aromatic carbocycles. The molecule has 120 valence electrons. The standard InChI is InChI=1S/C15H23N5O2/c16-11-5-6-13(19-7-1-3-10(19)9-21)18-15(11)20-8-2-4-12(20)14(17)22/h5-6,10,12,21H,1-4,7-9,16H2,(H2,17,22). The Balaban J connectivity index is 1.91. The molecule has 0 aliphatic carbocycles. The van der Waals surface area contributed by atoms with Gasteiger partial charge in [-0.1, -0.05) is 0 Å². The molecule has 2 aliphatic rings. The molecule has 0 spiro atoms. The van der Waals surface area contributed by atoms with E-state index in [1.807, 2.05) is 17.0 Å². The number of pyridine rings is 1. The number of carbonyl (C=O) groups excluding carboxylic acids is 1. The van der Waals surface area contributed by atoms with Gasteiger partial charge in [-0.2, -0.15) is 0 Å². The maximum atomic E-state index is 11.6. The van der Waals surface area contributed by atoms with Gasteiger partial charge < -0.3 is 26.4 Å². The molecule has 0 saturated carbocycles. The number of primary amides is 1. The smallest absolute Gasteiger partial charge is 0.240 e. The van der Waals surface area contributed by atoms with Crippen LogP contribution in [0.2, 0.25) is 0 Å². The number of anilines is 3. The first-order valence-corrected chi connectivity index (χ1v) is 7.82. The van der Waals surface area contributed by atoms with E-state index in [9.17, 15) is 9.90 Å². The number of rotatable bonds is 4. The minimum atomic E-state index is -0.336. The summed E-state index contributed by atoms with van der Waals surface area (Å²) in [6.07, 6.45) is 3.65. The number of hydrogen-bond acceptors (Lipinski definition) is 6. The van der Waals surface area contributed by atoms with Gasteiger partial charge in [0.25, 0.3) is 0 Å². The summed E-state index contributed by atoms with van der Waals surface area (Å²) >= 11 is 0. The first-order chi connectivity index (χ1) is 10.6.